The maximum Gasteiger partial charge on any atom is 0.0404 e. The van der Waals surface area contributed by atoms with Crippen LogP contribution in [-0.2, 0) is 0 Å². The Kier molecular flexibility index (Phi) is 1.71. The molecule has 8 heavy (non-hydrogen) atoms. The molecule has 0 aliphatic heterocycles. The van der Waals surface area contributed by atoms with E-state index >= 15 is 0 Å². The Bertz CT molecular complexity index is 165. The number of benzene rings is 1. The smallest absolute Gasteiger partial charge is 0.0404 e. The van der Waals surface area contributed by atoms with E-state index in [-0.39, 0.29) is 0 Å². The molecule has 0 bridgehead atoms. The molecule has 42 valence electrons. The van der Waals surface area contributed by atoms with E-state index in [0.717, 1.165) is 15.3 Å². The van der Waals surface area contributed by atoms with Gasteiger partial charge in [0.15, 0.2) is 0 Å². The molecule has 0 unspecified atom stereocenters. The van der Waals surface area contributed by atoms with Gasteiger partial charge in [0.2, 0.25) is 0 Å². The van der Waals surface area contributed by atoms with Gasteiger partial charge in [0.05, 0.1) is 0 Å². The summed E-state index contributed by atoms with van der Waals surface area (Å²) in [5.41, 5.74) is 0. The summed E-state index contributed by atoms with van der Waals surface area (Å²) >= 11 is 5.74. The third-order valence-corrected chi connectivity index (χ3v) is 2.69. The topological polar surface area (TPSA) is 0 Å². The lowest BCUT2D eigenvalue weighted by Crippen LogP contribution is -2.00. The predicted octanol–water partition coefficient (Wildman–Crippen LogP) is 0.331. The third-order valence-electron chi connectivity index (χ3n) is 1.08. The first-order chi connectivity index (χ1) is 3.80. The highest BCUT2D eigenvalue weighted by Gasteiger charge is 1.86. The Labute approximate surface area is 56.9 Å². The summed E-state index contributed by atoms with van der Waals surface area (Å²) in [4.78, 5) is 0. The van der Waals surface area contributed by atoms with Crippen LogP contribution < -0.4 is 5.19 Å². The van der Waals surface area contributed by atoms with E-state index in [9.17, 15) is 0 Å². The zero-order chi connectivity index (χ0) is 5.98. The highest BCUT2D eigenvalue weighted by Crippen LogP contribution is 2.00. The van der Waals surface area contributed by atoms with Gasteiger partial charge in [-0.25, -0.2) is 0 Å². The molecule has 0 amide bonds. The highest BCUT2D eigenvalue weighted by molar-refractivity contribution is 6.44. The van der Waals surface area contributed by atoms with Crippen LogP contribution >= 0.6 is 11.6 Å². The van der Waals surface area contributed by atoms with Crippen molar-refractivity contribution in [3.05, 3.63) is 29.3 Å². The zero-order valence-electron chi connectivity index (χ0n) is 4.69. The van der Waals surface area contributed by atoms with Crippen molar-refractivity contribution in [2.24, 2.45) is 0 Å². The SMILES string of the molecule is [SiH3]c1ccccc1Cl. The molecule has 0 N–H and O–H groups in total. The first-order valence-electron chi connectivity index (χ1n) is 2.52. The van der Waals surface area contributed by atoms with Crippen molar-refractivity contribution in [3.8, 4) is 0 Å². The monoisotopic (exact) mass is 142 g/mol. The van der Waals surface area contributed by atoms with Crippen LogP contribution in [0.3, 0.4) is 0 Å². The zero-order valence-corrected chi connectivity index (χ0v) is 7.44. The molecule has 0 saturated carbocycles. The number of halogens is 1. The third kappa shape index (κ3) is 1.11. The molecule has 0 heterocycles. The van der Waals surface area contributed by atoms with Crippen molar-refractivity contribution in [3.63, 3.8) is 0 Å². The minimum Gasteiger partial charge on any atom is -0.0845 e. The van der Waals surface area contributed by atoms with Crippen molar-refractivity contribution < 1.29 is 0 Å². The Hall–Kier alpha value is -0.273. The van der Waals surface area contributed by atoms with Crippen LogP contribution in [0.25, 0.3) is 0 Å². The minimum atomic E-state index is 0.902. The molecule has 1 aromatic rings. The van der Waals surface area contributed by atoms with E-state index in [1.807, 2.05) is 18.2 Å². The van der Waals surface area contributed by atoms with Gasteiger partial charge in [0, 0.05) is 15.3 Å². The van der Waals surface area contributed by atoms with Gasteiger partial charge in [-0.05, 0) is 6.07 Å². The number of rotatable bonds is 0. The molecular formula is C6H7ClSi. The normalized spacial score (nSPS) is 9.62. The molecule has 0 aromatic heterocycles. The van der Waals surface area contributed by atoms with Crippen molar-refractivity contribution in [2.75, 3.05) is 0 Å². The second-order valence-corrected chi connectivity index (χ2v) is 3.23. The fourth-order valence-electron chi connectivity index (χ4n) is 0.551. The molecule has 0 nitrogen and oxygen atoms in total. The van der Waals surface area contributed by atoms with Gasteiger partial charge in [0.1, 0.15) is 0 Å². The van der Waals surface area contributed by atoms with E-state index in [1.165, 1.54) is 5.19 Å². The van der Waals surface area contributed by atoms with Gasteiger partial charge in [-0.2, -0.15) is 0 Å². The Balaban J connectivity index is 3.13. The van der Waals surface area contributed by atoms with Gasteiger partial charge < -0.3 is 0 Å². The Morgan fingerprint density at radius 2 is 1.88 bits per heavy atom. The van der Waals surface area contributed by atoms with Crippen LogP contribution in [0.15, 0.2) is 24.3 Å². The van der Waals surface area contributed by atoms with Gasteiger partial charge in [-0.15, -0.1) is 0 Å². The molecule has 2 heteroatoms. The van der Waals surface area contributed by atoms with Gasteiger partial charge in [-0.1, -0.05) is 35.0 Å². The first kappa shape index (κ1) is 5.86. The maximum absolute atomic E-state index is 5.74. The van der Waals surface area contributed by atoms with Crippen LogP contribution in [-0.4, -0.2) is 10.2 Å². The van der Waals surface area contributed by atoms with Crippen LogP contribution in [0, 0.1) is 0 Å². The largest absolute Gasteiger partial charge is 0.0845 e. The number of hydrogen-bond acceptors (Lipinski definition) is 0. The molecule has 0 spiro atoms. The molecule has 0 radical (unpaired) electrons. The van der Waals surface area contributed by atoms with Crippen molar-refractivity contribution in [1.29, 1.82) is 0 Å². The summed E-state index contributed by atoms with van der Waals surface area (Å²) in [6.45, 7) is 0. The molecule has 0 aliphatic carbocycles. The summed E-state index contributed by atoms with van der Waals surface area (Å²) in [6.07, 6.45) is 0. The second-order valence-electron chi connectivity index (χ2n) is 1.75. The van der Waals surface area contributed by atoms with Gasteiger partial charge in [-0.3, -0.25) is 0 Å². The number of hydrogen-bond donors (Lipinski definition) is 0. The summed E-state index contributed by atoms with van der Waals surface area (Å²) in [5.74, 6) is 0. The fourth-order valence-corrected chi connectivity index (χ4v) is 1.05. The van der Waals surface area contributed by atoms with Gasteiger partial charge >= 0.3 is 0 Å². The standard InChI is InChI=1S/C6H7ClSi/c7-5-3-1-2-4-6(5)8/h1-4H,8H3. The molecule has 0 saturated heterocycles. The minimum absolute atomic E-state index is 0.902. The lowest BCUT2D eigenvalue weighted by atomic mass is 10.4. The maximum atomic E-state index is 5.74. The van der Waals surface area contributed by atoms with E-state index in [2.05, 4.69) is 6.07 Å². The summed E-state index contributed by atoms with van der Waals surface area (Å²) in [5, 5.41) is 2.17. The Morgan fingerprint density at radius 1 is 1.25 bits per heavy atom. The van der Waals surface area contributed by atoms with E-state index in [4.69, 9.17) is 11.6 Å². The van der Waals surface area contributed by atoms with Crippen molar-refractivity contribution >= 4 is 27.0 Å². The quantitative estimate of drug-likeness (QED) is 0.458. The lowest BCUT2D eigenvalue weighted by Gasteiger charge is -1.91. The summed E-state index contributed by atoms with van der Waals surface area (Å²) < 4.78 is 0. The van der Waals surface area contributed by atoms with Crippen molar-refractivity contribution in [1.82, 2.24) is 0 Å². The van der Waals surface area contributed by atoms with Crippen molar-refractivity contribution in [2.45, 2.75) is 0 Å². The second kappa shape index (κ2) is 2.33. The lowest BCUT2D eigenvalue weighted by molar-refractivity contribution is 1.77. The van der Waals surface area contributed by atoms with Crippen LogP contribution in [0.2, 0.25) is 5.02 Å². The van der Waals surface area contributed by atoms with Crippen LogP contribution in [0.1, 0.15) is 0 Å². The van der Waals surface area contributed by atoms with E-state index in [1.54, 1.807) is 0 Å². The van der Waals surface area contributed by atoms with Gasteiger partial charge in [0.25, 0.3) is 0 Å². The highest BCUT2D eigenvalue weighted by atomic mass is 35.5. The molecule has 0 aliphatic rings. The van der Waals surface area contributed by atoms with E-state index in [0.29, 0.717) is 0 Å². The summed E-state index contributed by atoms with van der Waals surface area (Å²) in [7, 11) is 1.04. The molecular weight excluding hydrogens is 136 g/mol. The average molecular weight is 143 g/mol. The molecule has 0 fully saturated rings. The van der Waals surface area contributed by atoms with Crippen LogP contribution in [0.5, 0.6) is 0 Å². The van der Waals surface area contributed by atoms with Crippen LogP contribution in [0.4, 0.5) is 0 Å². The Morgan fingerprint density at radius 3 is 2.25 bits per heavy atom. The molecule has 1 rings (SSSR count). The molecule has 0 atom stereocenters. The predicted molar refractivity (Wildman–Crippen MR) is 41.0 cm³/mol. The summed E-state index contributed by atoms with van der Waals surface area (Å²) in [6, 6.07) is 7.93. The van der Waals surface area contributed by atoms with E-state index < -0.39 is 0 Å². The first-order valence-corrected chi connectivity index (χ1v) is 3.89. The fraction of sp³-hybridized carbons (Fsp3) is 0. The average Bonchev–Trinajstić information content (AvgIpc) is 1.77. The molecule has 1 aromatic carbocycles.